The fraction of sp³-hybridized carbons (Fsp3) is 0.611. The number of nitrogens with zero attached hydrogens (tertiary/aromatic N) is 1. The first-order valence-corrected chi connectivity index (χ1v) is 8.28. The van der Waals surface area contributed by atoms with Gasteiger partial charge in [-0.1, -0.05) is 50.3 Å². The van der Waals surface area contributed by atoms with E-state index >= 15 is 0 Å². The number of hydrogen-bond acceptors (Lipinski definition) is 2. The SMILES string of the molecule is CN(CCNC(=O)CCC1CCCCC1)c1ccccc1. The van der Waals surface area contributed by atoms with Gasteiger partial charge in [0.1, 0.15) is 0 Å². The number of benzene rings is 1. The van der Waals surface area contributed by atoms with Crippen LogP contribution in [-0.2, 0) is 4.79 Å². The molecule has 1 aromatic rings. The van der Waals surface area contributed by atoms with E-state index in [4.69, 9.17) is 0 Å². The summed E-state index contributed by atoms with van der Waals surface area (Å²) in [7, 11) is 2.06. The molecule has 0 spiro atoms. The molecule has 0 unspecified atom stereocenters. The number of amides is 1. The normalized spacial score (nSPS) is 15.7. The molecule has 0 bridgehead atoms. The number of nitrogens with one attached hydrogen (secondary N) is 1. The first-order valence-electron chi connectivity index (χ1n) is 8.28. The average molecular weight is 288 g/mol. The van der Waals surface area contributed by atoms with Gasteiger partial charge in [-0.3, -0.25) is 4.79 Å². The molecule has 0 aliphatic heterocycles. The van der Waals surface area contributed by atoms with Gasteiger partial charge >= 0.3 is 0 Å². The maximum Gasteiger partial charge on any atom is 0.220 e. The number of hydrogen-bond donors (Lipinski definition) is 1. The summed E-state index contributed by atoms with van der Waals surface area (Å²) in [4.78, 5) is 14.0. The second-order valence-corrected chi connectivity index (χ2v) is 6.15. The lowest BCUT2D eigenvalue weighted by Crippen LogP contribution is -2.33. The Bertz CT molecular complexity index is 412. The molecule has 3 nitrogen and oxygen atoms in total. The van der Waals surface area contributed by atoms with E-state index in [-0.39, 0.29) is 5.91 Å². The molecule has 21 heavy (non-hydrogen) atoms. The summed E-state index contributed by atoms with van der Waals surface area (Å²) in [6.07, 6.45) is 8.50. The van der Waals surface area contributed by atoms with Crippen LogP contribution in [0.4, 0.5) is 5.69 Å². The van der Waals surface area contributed by atoms with Crippen molar-refractivity contribution in [2.45, 2.75) is 44.9 Å². The van der Waals surface area contributed by atoms with Crippen LogP contribution >= 0.6 is 0 Å². The van der Waals surface area contributed by atoms with Crippen molar-refractivity contribution in [1.29, 1.82) is 0 Å². The Morgan fingerprint density at radius 1 is 1.19 bits per heavy atom. The van der Waals surface area contributed by atoms with E-state index in [1.165, 1.54) is 37.8 Å². The minimum atomic E-state index is 0.210. The van der Waals surface area contributed by atoms with Gasteiger partial charge in [0, 0.05) is 32.2 Å². The van der Waals surface area contributed by atoms with Crippen molar-refractivity contribution >= 4 is 11.6 Å². The van der Waals surface area contributed by atoms with Gasteiger partial charge < -0.3 is 10.2 Å². The van der Waals surface area contributed by atoms with Gasteiger partial charge in [0.05, 0.1) is 0 Å². The summed E-state index contributed by atoms with van der Waals surface area (Å²) in [5, 5.41) is 3.04. The fourth-order valence-electron chi connectivity index (χ4n) is 3.07. The lowest BCUT2D eigenvalue weighted by Gasteiger charge is -2.21. The monoisotopic (exact) mass is 288 g/mol. The highest BCUT2D eigenvalue weighted by molar-refractivity contribution is 5.75. The molecular formula is C18H28N2O. The molecule has 0 atom stereocenters. The van der Waals surface area contributed by atoms with E-state index in [2.05, 4.69) is 29.4 Å². The molecule has 1 aliphatic rings. The zero-order chi connectivity index (χ0) is 14.9. The average Bonchev–Trinajstić information content (AvgIpc) is 2.54. The molecule has 3 heteroatoms. The Labute approximate surface area is 128 Å². The summed E-state index contributed by atoms with van der Waals surface area (Å²) in [5.41, 5.74) is 1.19. The summed E-state index contributed by atoms with van der Waals surface area (Å²) >= 11 is 0. The van der Waals surface area contributed by atoms with Gasteiger partial charge in [-0.05, 0) is 24.5 Å². The van der Waals surface area contributed by atoms with E-state index in [9.17, 15) is 4.79 Å². The van der Waals surface area contributed by atoms with E-state index < -0.39 is 0 Å². The molecule has 116 valence electrons. The largest absolute Gasteiger partial charge is 0.373 e. The van der Waals surface area contributed by atoms with Crippen LogP contribution in [0, 0.1) is 5.92 Å². The first-order chi connectivity index (χ1) is 10.3. The number of anilines is 1. The standard InChI is InChI=1S/C18H28N2O/c1-20(17-10-6-3-7-11-17)15-14-19-18(21)13-12-16-8-4-2-5-9-16/h3,6-7,10-11,16H,2,4-5,8-9,12-15H2,1H3,(H,19,21). The summed E-state index contributed by atoms with van der Waals surface area (Å²) < 4.78 is 0. The van der Waals surface area contributed by atoms with Crippen LogP contribution in [-0.4, -0.2) is 26.0 Å². The zero-order valence-corrected chi connectivity index (χ0v) is 13.2. The van der Waals surface area contributed by atoms with Crippen LogP contribution in [0.15, 0.2) is 30.3 Å². The van der Waals surface area contributed by atoms with Crippen LogP contribution in [0.25, 0.3) is 0 Å². The third-order valence-electron chi connectivity index (χ3n) is 4.47. The molecule has 1 aromatic carbocycles. The van der Waals surface area contributed by atoms with Gasteiger partial charge in [0.15, 0.2) is 0 Å². The molecule has 2 rings (SSSR count). The highest BCUT2D eigenvalue weighted by Crippen LogP contribution is 2.27. The number of para-hydroxylation sites is 1. The maximum atomic E-state index is 11.9. The van der Waals surface area contributed by atoms with Crippen LogP contribution in [0.1, 0.15) is 44.9 Å². The second kappa shape index (κ2) is 8.71. The minimum Gasteiger partial charge on any atom is -0.373 e. The Balaban J connectivity index is 1.58. The van der Waals surface area contributed by atoms with Crippen molar-refractivity contribution in [2.24, 2.45) is 5.92 Å². The van der Waals surface area contributed by atoms with Crippen LogP contribution < -0.4 is 10.2 Å². The maximum absolute atomic E-state index is 11.9. The molecule has 1 saturated carbocycles. The molecule has 1 amide bonds. The summed E-state index contributed by atoms with van der Waals surface area (Å²) in [6, 6.07) is 10.3. The van der Waals surface area contributed by atoms with Gasteiger partial charge in [0.25, 0.3) is 0 Å². The smallest absolute Gasteiger partial charge is 0.220 e. The highest BCUT2D eigenvalue weighted by Gasteiger charge is 2.14. The van der Waals surface area contributed by atoms with Crippen molar-refractivity contribution in [2.75, 3.05) is 25.0 Å². The molecule has 1 aliphatic carbocycles. The zero-order valence-electron chi connectivity index (χ0n) is 13.2. The number of carbonyl (C=O) groups excluding carboxylic acids is 1. The van der Waals surface area contributed by atoms with Gasteiger partial charge in [-0.25, -0.2) is 0 Å². The first kappa shape index (κ1) is 15.9. The van der Waals surface area contributed by atoms with Crippen LogP contribution in [0.5, 0.6) is 0 Å². The van der Waals surface area contributed by atoms with Gasteiger partial charge in [-0.15, -0.1) is 0 Å². The van der Waals surface area contributed by atoms with E-state index in [0.29, 0.717) is 6.42 Å². The topological polar surface area (TPSA) is 32.3 Å². The molecule has 1 N–H and O–H groups in total. The second-order valence-electron chi connectivity index (χ2n) is 6.15. The third kappa shape index (κ3) is 5.78. The Kier molecular flexibility index (Phi) is 6.58. The summed E-state index contributed by atoms with van der Waals surface area (Å²) in [5.74, 6) is 0.999. The predicted molar refractivity (Wildman–Crippen MR) is 88.5 cm³/mol. The fourth-order valence-corrected chi connectivity index (χ4v) is 3.07. The van der Waals surface area contributed by atoms with Crippen molar-refractivity contribution < 1.29 is 4.79 Å². The van der Waals surface area contributed by atoms with Crippen molar-refractivity contribution in [3.05, 3.63) is 30.3 Å². The minimum absolute atomic E-state index is 0.210. The van der Waals surface area contributed by atoms with E-state index in [1.807, 2.05) is 18.2 Å². The van der Waals surface area contributed by atoms with Crippen LogP contribution in [0.3, 0.4) is 0 Å². The van der Waals surface area contributed by atoms with E-state index in [1.54, 1.807) is 0 Å². The van der Waals surface area contributed by atoms with E-state index in [0.717, 1.165) is 25.4 Å². The Hall–Kier alpha value is -1.51. The molecule has 0 aromatic heterocycles. The van der Waals surface area contributed by atoms with Crippen LogP contribution in [0.2, 0.25) is 0 Å². The quantitative estimate of drug-likeness (QED) is 0.831. The Morgan fingerprint density at radius 2 is 1.90 bits per heavy atom. The number of likely N-dealkylation sites (N-methyl/N-ethyl adjacent to an activating group) is 1. The molecular weight excluding hydrogens is 260 g/mol. The molecule has 0 saturated heterocycles. The predicted octanol–water partition coefficient (Wildman–Crippen LogP) is 3.60. The molecule has 0 radical (unpaired) electrons. The summed E-state index contributed by atoms with van der Waals surface area (Å²) in [6.45, 7) is 1.56. The number of rotatable bonds is 7. The lowest BCUT2D eigenvalue weighted by atomic mass is 9.86. The lowest BCUT2D eigenvalue weighted by molar-refractivity contribution is -0.121. The third-order valence-corrected chi connectivity index (χ3v) is 4.47. The number of carbonyl (C=O) groups is 1. The van der Waals surface area contributed by atoms with Crippen molar-refractivity contribution in [3.63, 3.8) is 0 Å². The molecule has 0 heterocycles. The van der Waals surface area contributed by atoms with Gasteiger partial charge in [0.2, 0.25) is 5.91 Å². The Morgan fingerprint density at radius 3 is 2.62 bits per heavy atom. The molecule has 1 fully saturated rings. The van der Waals surface area contributed by atoms with Gasteiger partial charge in [-0.2, -0.15) is 0 Å². The van der Waals surface area contributed by atoms with Crippen molar-refractivity contribution in [3.8, 4) is 0 Å². The van der Waals surface area contributed by atoms with Crippen molar-refractivity contribution in [1.82, 2.24) is 5.32 Å². The highest BCUT2D eigenvalue weighted by atomic mass is 16.1.